The summed E-state index contributed by atoms with van der Waals surface area (Å²) in [6, 6.07) is 4.69. The largest absolute Gasteiger partial charge is 0.506 e. The van der Waals surface area contributed by atoms with Crippen molar-refractivity contribution in [2.45, 2.75) is 33.1 Å². The number of nitrogens with two attached hydrogens (primary N) is 1. The number of phenolic OH excluding ortho intramolecular Hbond substituents is 1. The lowest BCUT2D eigenvalue weighted by atomic mass is 9.78. The van der Waals surface area contributed by atoms with Crippen molar-refractivity contribution in [3.05, 3.63) is 23.8 Å². The summed E-state index contributed by atoms with van der Waals surface area (Å²) in [5.74, 6) is -0.0466. The molecule has 2 rings (SSSR count). The van der Waals surface area contributed by atoms with E-state index in [4.69, 9.17) is 5.73 Å². The van der Waals surface area contributed by atoms with Crippen LogP contribution in [-0.2, 0) is 0 Å². The average molecular weight is 262 g/mol. The third-order valence-corrected chi connectivity index (χ3v) is 4.39. The predicted octanol–water partition coefficient (Wildman–Crippen LogP) is 2.63. The highest BCUT2D eigenvalue weighted by atomic mass is 16.3. The van der Waals surface area contributed by atoms with Crippen LogP contribution in [0.2, 0.25) is 0 Å². The number of amides is 1. The van der Waals surface area contributed by atoms with Gasteiger partial charge in [0.05, 0.1) is 5.69 Å². The molecule has 1 heterocycles. The highest BCUT2D eigenvalue weighted by Gasteiger charge is 2.30. The molecule has 1 aliphatic heterocycles. The van der Waals surface area contributed by atoms with Gasteiger partial charge in [0.25, 0.3) is 5.91 Å². The molecule has 19 heavy (non-hydrogen) atoms. The van der Waals surface area contributed by atoms with Gasteiger partial charge in [-0.15, -0.1) is 0 Å². The van der Waals surface area contributed by atoms with Crippen molar-refractivity contribution in [1.29, 1.82) is 0 Å². The molecule has 0 radical (unpaired) electrons. The topological polar surface area (TPSA) is 66.6 Å². The minimum absolute atomic E-state index is 0.0200. The third-order valence-electron chi connectivity index (χ3n) is 4.39. The van der Waals surface area contributed by atoms with E-state index in [1.165, 1.54) is 6.07 Å². The van der Waals surface area contributed by atoms with Gasteiger partial charge in [0, 0.05) is 18.7 Å². The Morgan fingerprint density at radius 1 is 1.42 bits per heavy atom. The first-order valence-corrected chi connectivity index (χ1v) is 6.83. The minimum atomic E-state index is -0.0266. The number of carbonyl (C=O) groups excluding carboxylic acids is 1. The van der Waals surface area contributed by atoms with Crippen molar-refractivity contribution >= 4 is 11.6 Å². The summed E-state index contributed by atoms with van der Waals surface area (Å²) in [5.41, 5.74) is 6.71. The fourth-order valence-electron chi connectivity index (χ4n) is 2.46. The van der Waals surface area contributed by atoms with E-state index in [1.807, 2.05) is 4.90 Å². The standard InChI is InChI=1S/C15H22N2O2/c1-3-15(2)6-8-17(9-7-15)14(19)11-4-5-12(16)13(18)10-11/h4-5,10,18H,3,6-9,16H2,1-2H3. The maximum atomic E-state index is 12.3. The van der Waals surface area contributed by atoms with E-state index < -0.39 is 0 Å². The average Bonchev–Trinajstić information content (AvgIpc) is 2.42. The number of carbonyl (C=O) groups is 1. The molecule has 0 unspecified atom stereocenters. The van der Waals surface area contributed by atoms with Crippen LogP contribution in [-0.4, -0.2) is 29.0 Å². The molecule has 104 valence electrons. The zero-order chi connectivity index (χ0) is 14.0. The number of hydrogen-bond acceptors (Lipinski definition) is 3. The van der Waals surface area contributed by atoms with Crippen molar-refractivity contribution < 1.29 is 9.90 Å². The van der Waals surface area contributed by atoms with Gasteiger partial charge < -0.3 is 15.7 Å². The number of likely N-dealkylation sites (tertiary alicyclic amines) is 1. The number of piperidine rings is 1. The maximum Gasteiger partial charge on any atom is 0.253 e. The van der Waals surface area contributed by atoms with Crippen LogP contribution in [0.5, 0.6) is 5.75 Å². The van der Waals surface area contributed by atoms with Gasteiger partial charge in [-0.3, -0.25) is 4.79 Å². The van der Waals surface area contributed by atoms with Crippen molar-refractivity contribution in [3.8, 4) is 5.75 Å². The Morgan fingerprint density at radius 2 is 2.05 bits per heavy atom. The number of nitrogens with zero attached hydrogens (tertiary/aromatic N) is 1. The second kappa shape index (κ2) is 5.11. The van der Waals surface area contributed by atoms with Gasteiger partial charge in [-0.2, -0.15) is 0 Å². The molecular formula is C15H22N2O2. The molecule has 1 aliphatic rings. The SMILES string of the molecule is CCC1(C)CCN(C(=O)c2ccc(N)c(O)c2)CC1. The van der Waals surface area contributed by atoms with E-state index in [0.717, 1.165) is 32.4 Å². The van der Waals surface area contributed by atoms with Crippen LogP contribution in [0.3, 0.4) is 0 Å². The number of nitrogen functional groups attached to an aromatic ring is 1. The predicted molar refractivity (Wildman–Crippen MR) is 76.1 cm³/mol. The van der Waals surface area contributed by atoms with Crippen molar-refractivity contribution in [2.24, 2.45) is 5.41 Å². The lowest BCUT2D eigenvalue weighted by Gasteiger charge is -2.39. The number of rotatable bonds is 2. The summed E-state index contributed by atoms with van der Waals surface area (Å²) in [5, 5.41) is 9.57. The van der Waals surface area contributed by atoms with Crippen molar-refractivity contribution in [2.75, 3.05) is 18.8 Å². The summed E-state index contributed by atoms with van der Waals surface area (Å²) in [6.07, 6.45) is 3.23. The third kappa shape index (κ3) is 2.83. The van der Waals surface area contributed by atoms with E-state index >= 15 is 0 Å². The van der Waals surface area contributed by atoms with Crippen LogP contribution in [0.15, 0.2) is 18.2 Å². The number of phenols is 1. The van der Waals surface area contributed by atoms with Gasteiger partial charge in [0.2, 0.25) is 0 Å². The van der Waals surface area contributed by atoms with E-state index in [2.05, 4.69) is 13.8 Å². The van der Waals surface area contributed by atoms with E-state index in [0.29, 0.717) is 16.7 Å². The van der Waals surface area contributed by atoms with Gasteiger partial charge in [-0.05, 0) is 36.5 Å². The zero-order valence-corrected chi connectivity index (χ0v) is 11.6. The van der Waals surface area contributed by atoms with Gasteiger partial charge in [-0.1, -0.05) is 20.3 Å². The molecule has 0 spiro atoms. The van der Waals surface area contributed by atoms with Gasteiger partial charge >= 0.3 is 0 Å². The Bertz CT molecular complexity index is 477. The van der Waals surface area contributed by atoms with Crippen LogP contribution >= 0.6 is 0 Å². The van der Waals surface area contributed by atoms with Crippen molar-refractivity contribution in [1.82, 2.24) is 4.90 Å². The summed E-state index contributed by atoms with van der Waals surface area (Å²) >= 11 is 0. The molecule has 0 saturated carbocycles. The molecule has 0 bridgehead atoms. The lowest BCUT2D eigenvalue weighted by Crippen LogP contribution is -2.41. The fraction of sp³-hybridized carbons (Fsp3) is 0.533. The summed E-state index contributed by atoms with van der Waals surface area (Å²) < 4.78 is 0. The van der Waals surface area contributed by atoms with Crippen LogP contribution in [0, 0.1) is 5.41 Å². The fourth-order valence-corrected chi connectivity index (χ4v) is 2.46. The van der Waals surface area contributed by atoms with Crippen LogP contribution in [0.25, 0.3) is 0 Å². The Kier molecular flexibility index (Phi) is 3.69. The van der Waals surface area contributed by atoms with E-state index in [1.54, 1.807) is 12.1 Å². The zero-order valence-electron chi connectivity index (χ0n) is 11.6. The normalized spacial score (nSPS) is 18.3. The Morgan fingerprint density at radius 3 is 2.58 bits per heavy atom. The molecule has 0 aromatic heterocycles. The molecule has 1 amide bonds. The maximum absolute atomic E-state index is 12.3. The quantitative estimate of drug-likeness (QED) is 0.636. The number of aromatic hydroxyl groups is 1. The molecule has 1 aromatic rings. The number of hydrogen-bond donors (Lipinski definition) is 2. The first kappa shape index (κ1) is 13.7. The monoisotopic (exact) mass is 262 g/mol. The van der Waals surface area contributed by atoms with Gasteiger partial charge in [0.1, 0.15) is 5.75 Å². The molecule has 3 N–H and O–H groups in total. The summed E-state index contributed by atoms with van der Waals surface area (Å²) in [7, 11) is 0. The van der Waals surface area contributed by atoms with Gasteiger partial charge in [0.15, 0.2) is 0 Å². The second-order valence-electron chi connectivity index (χ2n) is 5.73. The molecule has 4 nitrogen and oxygen atoms in total. The molecule has 4 heteroatoms. The molecule has 1 fully saturated rings. The van der Waals surface area contributed by atoms with E-state index in [-0.39, 0.29) is 11.7 Å². The Hall–Kier alpha value is -1.71. The lowest BCUT2D eigenvalue weighted by molar-refractivity contribution is 0.0600. The molecule has 0 aliphatic carbocycles. The van der Waals surface area contributed by atoms with Crippen molar-refractivity contribution in [3.63, 3.8) is 0 Å². The summed E-state index contributed by atoms with van der Waals surface area (Å²) in [4.78, 5) is 14.2. The molecular weight excluding hydrogens is 240 g/mol. The molecule has 1 aromatic carbocycles. The number of benzene rings is 1. The smallest absolute Gasteiger partial charge is 0.253 e. The Labute approximate surface area is 114 Å². The first-order valence-electron chi connectivity index (χ1n) is 6.83. The number of anilines is 1. The highest BCUT2D eigenvalue weighted by Crippen LogP contribution is 2.34. The first-order chi connectivity index (χ1) is 8.95. The molecule has 0 atom stereocenters. The Balaban J connectivity index is 2.07. The molecule has 1 saturated heterocycles. The van der Waals surface area contributed by atoms with Crippen LogP contribution < -0.4 is 5.73 Å². The van der Waals surface area contributed by atoms with E-state index in [9.17, 15) is 9.90 Å². The van der Waals surface area contributed by atoms with Crippen LogP contribution in [0.1, 0.15) is 43.5 Å². The summed E-state index contributed by atoms with van der Waals surface area (Å²) in [6.45, 7) is 6.06. The van der Waals surface area contributed by atoms with Crippen LogP contribution in [0.4, 0.5) is 5.69 Å². The highest BCUT2D eigenvalue weighted by molar-refractivity contribution is 5.95. The van der Waals surface area contributed by atoms with Gasteiger partial charge in [-0.25, -0.2) is 0 Å². The minimum Gasteiger partial charge on any atom is -0.506 e. The second-order valence-corrected chi connectivity index (χ2v) is 5.73.